The summed E-state index contributed by atoms with van der Waals surface area (Å²) >= 11 is 1.23. The Kier molecular flexibility index (Phi) is 4.07. The van der Waals surface area contributed by atoms with E-state index in [1.165, 1.54) is 41.8 Å². The van der Waals surface area contributed by atoms with Gasteiger partial charge in [-0.15, -0.1) is 11.3 Å². The zero-order valence-corrected chi connectivity index (χ0v) is 12.5. The Morgan fingerprint density at radius 3 is 2.57 bits per heavy atom. The summed E-state index contributed by atoms with van der Waals surface area (Å²) in [4.78, 5) is 31.1. The Balaban J connectivity index is 1.74. The van der Waals surface area contributed by atoms with Crippen molar-refractivity contribution in [2.24, 2.45) is 0 Å². The molecule has 7 nitrogen and oxygen atoms in total. The lowest BCUT2D eigenvalue weighted by Crippen LogP contribution is -2.09. The van der Waals surface area contributed by atoms with Gasteiger partial charge in [-0.2, -0.15) is 0 Å². The monoisotopic (exact) mass is 326 g/mol. The van der Waals surface area contributed by atoms with Gasteiger partial charge in [0, 0.05) is 24.0 Å². The van der Waals surface area contributed by atoms with Crippen molar-refractivity contribution in [3.05, 3.63) is 69.8 Å². The molecule has 0 spiro atoms. The molecule has 3 rings (SSSR count). The smallest absolute Gasteiger partial charge is 0.269 e. The number of nitro groups is 1. The fraction of sp³-hybridized carbons (Fsp3) is 0. The number of benzene rings is 1. The molecule has 0 radical (unpaired) electrons. The minimum Gasteiger partial charge on any atom is -0.321 e. The second kappa shape index (κ2) is 6.32. The lowest BCUT2D eigenvalue weighted by atomic mass is 10.3. The number of thiazole rings is 1. The van der Waals surface area contributed by atoms with E-state index in [4.69, 9.17) is 0 Å². The first-order valence-electron chi connectivity index (χ1n) is 6.56. The molecule has 0 saturated heterocycles. The largest absolute Gasteiger partial charge is 0.321 e. The predicted octanol–water partition coefficient (Wildman–Crippen LogP) is 3.37. The van der Waals surface area contributed by atoms with Crippen molar-refractivity contribution < 1.29 is 9.72 Å². The van der Waals surface area contributed by atoms with Crippen LogP contribution in [0.2, 0.25) is 0 Å². The predicted molar refractivity (Wildman–Crippen MR) is 86.4 cm³/mol. The second-order valence-corrected chi connectivity index (χ2v) is 5.53. The third-order valence-corrected chi connectivity index (χ3v) is 3.97. The number of anilines is 1. The van der Waals surface area contributed by atoms with Crippen LogP contribution in [0, 0.1) is 10.1 Å². The number of non-ortho nitro benzene ring substituents is 1. The van der Waals surface area contributed by atoms with Gasteiger partial charge in [-0.3, -0.25) is 19.9 Å². The average Bonchev–Trinajstić information content (AvgIpc) is 3.06. The molecule has 114 valence electrons. The molecule has 0 fully saturated rings. The number of nitrogens with zero attached hydrogens (tertiary/aromatic N) is 3. The van der Waals surface area contributed by atoms with E-state index in [1.807, 2.05) is 12.1 Å². The van der Waals surface area contributed by atoms with Crippen molar-refractivity contribution in [1.29, 1.82) is 0 Å². The van der Waals surface area contributed by atoms with Crippen LogP contribution in [-0.2, 0) is 0 Å². The number of nitrogens with one attached hydrogen (secondary N) is 1. The van der Waals surface area contributed by atoms with E-state index in [1.54, 1.807) is 12.3 Å². The van der Waals surface area contributed by atoms with Crippen LogP contribution in [0.15, 0.2) is 54.9 Å². The number of rotatable bonds is 4. The number of aromatic nitrogens is 2. The molecule has 0 bridgehead atoms. The maximum Gasteiger partial charge on any atom is 0.269 e. The molecule has 1 amide bonds. The summed E-state index contributed by atoms with van der Waals surface area (Å²) < 4.78 is 0. The maximum atomic E-state index is 12.2. The van der Waals surface area contributed by atoms with Crippen molar-refractivity contribution in [3.63, 3.8) is 0 Å². The van der Waals surface area contributed by atoms with Crippen molar-refractivity contribution in [2.45, 2.75) is 0 Å². The molecule has 0 unspecified atom stereocenters. The molecule has 1 aromatic carbocycles. The normalized spacial score (nSPS) is 10.3. The summed E-state index contributed by atoms with van der Waals surface area (Å²) in [6.45, 7) is 0. The topological polar surface area (TPSA) is 98.0 Å². The van der Waals surface area contributed by atoms with Crippen LogP contribution in [0.1, 0.15) is 9.67 Å². The van der Waals surface area contributed by atoms with Crippen LogP contribution >= 0.6 is 11.3 Å². The highest BCUT2D eigenvalue weighted by Gasteiger charge is 2.13. The van der Waals surface area contributed by atoms with Gasteiger partial charge in [-0.1, -0.05) is 6.07 Å². The van der Waals surface area contributed by atoms with Gasteiger partial charge in [0.25, 0.3) is 11.6 Å². The first-order chi connectivity index (χ1) is 11.1. The summed E-state index contributed by atoms with van der Waals surface area (Å²) in [6, 6.07) is 11.1. The van der Waals surface area contributed by atoms with Gasteiger partial charge in [-0.05, 0) is 24.3 Å². The van der Waals surface area contributed by atoms with Gasteiger partial charge in [0.2, 0.25) is 0 Å². The maximum absolute atomic E-state index is 12.2. The molecule has 0 aliphatic rings. The van der Waals surface area contributed by atoms with E-state index in [9.17, 15) is 14.9 Å². The second-order valence-electron chi connectivity index (χ2n) is 4.50. The highest BCUT2D eigenvalue weighted by Crippen LogP contribution is 2.24. The molecular weight excluding hydrogens is 316 g/mol. The molecule has 23 heavy (non-hydrogen) atoms. The molecule has 2 aromatic heterocycles. The molecule has 0 saturated carbocycles. The minimum atomic E-state index is -0.492. The minimum absolute atomic E-state index is 0.0294. The lowest BCUT2D eigenvalue weighted by Gasteiger charge is -2.02. The van der Waals surface area contributed by atoms with Crippen LogP contribution < -0.4 is 5.32 Å². The van der Waals surface area contributed by atoms with Gasteiger partial charge in [-0.25, -0.2) is 4.98 Å². The summed E-state index contributed by atoms with van der Waals surface area (Å²) in [5.74, 6) is -0.321. The Morgan fingerprint density at radius 2 is 1.91 bits per heavy atom. The Labute approximate surface area is 134 Å². The van der Waals surface area contributed by atoms with Crippen molar-refractivity contribution in [1.82, 2.24) is 9.97 Å². The third kappa shape index (κ3) is 3.38. The quantitative estimate of drug-likeness (QED) is 0.585. The van der Waals surface area contributed by atoms with E-state index in [2.05, 4.69) is 15.3 Å². The van der Waals surface area contributed by atoms with E-state index >= 15 is 0 Å². The summed E-state index contributed by atoms with van der Waals surface area (Å²) in [5.41, 5.74) is 1.15. The molecule has 0 aliphatic carbocycles. The summed E-state index contributed by atoms with van der Waals surface area (Å²) in [5, 5.41) is 13.9. The van der Waals surface area contributed by atoms with E-state index < -0.39 is 4.92 Å². The highest BCUT2D eigenvalue weighted by molar-refractivity contribution is 7.17. The zero-order chi connectivity index (χ0) is 16.2. The van der Waals surface area contributed by atoms with Gasteiger partial charge in [0.05, 0.1) is 16.8 Å². The van der Waals surface area contributed by atoms with Gasteiger partial charge >= 0.3 is 0 Å². The number of pyridine rings is 1. The molecular formula is C15H10N4O3S. The Hall–Kier alpha value is -3.13. The van der Waals surface area contributed by atoms with Crippen LogP contribution in [0.5, 0.6) is 0 Å². The highest BCUT2D eigenvalue weighted by atomic mass is 32.1. The van der Waals surface area contributed by atoms with E-state index in [-0.39, 0.29) is 11.6 Å². The summed E-state index contributed by atoms with van der Waals surface area (Å²) in [7, 11) is 0. The summed E-state index contributed by atoms with van der Waals surface area (Å²) in [6.07, 6.45) is 3.14. The first kappa shape index (κ1) is 14.8. The van der Waals surface area contributed by atoms with Crippen molar-refractivity contribution in [3.8, 4) is 10.7 Å². The molecule has 0 atom stereocenters. The van der Waals surface area contributed by atoms with Gasteiger partial charge in [0.1, 0.15) is 9.88 Å². The third-order valence-electron chi connectivity index (χ3n) is 2.95. The zero-order valence-electron chi connectivity index (χ0n) is 11.7. The van der Waals surface area contributed by atoms with E-state index in [0.29, 0.717) is 21.3 Å². The number of amides is 1. The molecule has 0 aliphatic heterocycles. The van der Waals surface area contributed by atoms with Crippen molar-refractivity contribution >= 4 is 28.6 Å². The SMILES string of the molecule is O=C(Nc1ccc([N+](=O)[O-])cc1)c1cnc(-c2ccccn2)s1. The molecule has 3 aromatic rings. The lowest BCUT2D eigenvalue weighted by molar-refractivity contribution is -0.384. The Morgan fingerprint density at radius 1 is 1.13 bits per heavy atom. The molecule has 1 N–H and O–H groups in total. The number of hydrogen-bond acceptors (Lipinski definition) is 6. The molecule has 2 heterocycles. The number of hydrogen-bond donors (Lipinski definition) is 1. The fourth-order valence-electron chi connectivity index (χ4n) is 1.85. The average molecular weight is 326 g/mol. The number of carbonyl (C=O) groups excluding carboxylic acids is 1. The van der Waals surface area contributed by atoms with Crippen LogP contribution in [0.4, 0.5) is 11.4 Å². The van der Waals surface area contributed by atoms with Crippen LogP contribution in [0.25, 0.3) is 10.7 Å². The van der Waals surface area contributed by atoms with E-state index in [0.717, 1.165) is 0 Å². The van der Waals surface area contributed by atoms with Crippen LogP contribution in [0.3, 0.4) is 0 Å². The standard InChI is InChI=1S/C15H10N4O3S/c20-14(18-10-4-6-11(7-5-10)19(21)22)13-9-17-15(23-13)12-3-1-2-8-16-12/h1-9H,(H,18,20). The first-order valence-corrected chi connectivity index (χ1v) is 7.38. The number of nitro benzene ring substituents is 1. The Bertz CT molecular complexity index is 847. The fourth-order valence-corrected chi connectivity index (χ4v) is 2.63. The van der Waals surface area contributed by atoms with Gasteiger partial charge < -0.3 is 5.32 Å². The van der Waals surface area contributed by atoms with Crippen molar-refractivity contribution in [2.75, 3.05) is 5.32 Å². The number of carbonyl (C=O) groups is 1. The van der Waals surface area contributed by atoms with Crippen LogP contribution in [-0.4, -0.2) is 20.8 Å². The molecule has 8 heteroatoms. The van der Waals surface area contributed by atoms with Gasteiger partial charge in [0.15, 0.2) is 0 Å².